The van der Waals surface area contributed by atoms with Crippen LogP contribution in [-0.2, 0) is 0 Å². The molecule has 3 aromatic heterocycles. The van der Waals surface area contributed by atoms with Crippen molar-refractivity contribution < 1.29 is 9.18 Å². The predicted molar refractivity (Wildman–Crippen MR) is 81.8 cm³/mol. The van der Waals surface area contributed by atoms with Crippen molar-refractivity contribution in [3.05, 3.63) is 40.5 Å². The third-order valence-electron chi connectivity index (χ3n) is 3.13. The van der Waals surface area contributed by atoms with Crippen LogP contribution in [0.25, 0.3) is 5.65 Å². The van der Waals surface area contributed by atoms with E-state index in [0.29, 0.717) is 16.5 Å². The summed E-state index contributed by atoms with van der Waals surface area (Å²) in [6.07, 6.45) is 1.24. The Balaban J connectivity index is 1.94. The molecule has 0 spiro atoms. The molecule has 0 bridgehead atoms. The number of hydrogen-bond donors (Lipinski definition) is 1. The highest BCUT2D eigenvalue weighted by molar-refractivity contribution is 7.15. The molecule has 0 unspecified atom stereocenters. The molecule has 3 heterocycles. The van der Waals surface area contributed by atoms with E-state index in [2.05, 4.69) is 20.5 Å². The lowest BCUT2D eigenvalue weighted by Gasteiger charge is -2.02. The average Bonchev–Trinajstić information content (AvgIpc) is 3.02. The lowest BCUT2D eigenvalue weighted by Crippen LogP contribution is -2.15. The maximum absolute atomic E-state index is 13.4. The van der Waals surface area contributed by atoms with E-state index >= 15 is 0 Å². The molecule has 0 aliphatic heterocycles. The number of anilines is 1. The number of imidazole rings is 1. The number of hydrogen-bond acceptors (Lipinski definition) is 5. The van der Waals surface area contributed by atoms with E-state index in [0.717, 1.165) is 5.01 Å². The lowest BCUT2D eigenvalue weighted by atomic mass is 10.2. The lowest BCUT2D eigenvalue weighted by molar-refractivity contribution is 0.102. The smallest absolute Gasteiger partial charge is 0.276 e. The molecule has 0 radical (unpaired) electrons. The monoisotopic (exact) mass is 319 g/mol. The van der Waals surface area contributed by atoms with Crippen molar-refractivity contribution in [1.82, 2.24) is 19.6 Å². The van der Waals surface area contributed by atoms with Gasteiger partial charge in [0, 0.05) is 12.1 Å². The van der Waals surface area contributed by atoms with Gasteiger partial charge in [-0.25, -0.2) is 9.37 Å². The number of nitrogens with one attached hydrogen (secondary N) is 1. The van der Waals surface area contributed by atoms with Gasteiger partial charge in [-0.1, -0.05) is 25.2 Å². The van der Waals surface area contributed by atoms with Gasteiger partial charge in [-0.3, -0.25) is 14.5 Å². The summed E-state index contributed by atoms with van der Waals surface area (Å²) in [5.74, 6) is -0.575. The molecule has 0 saturated heterocycles. The largest absolute Gasteiger partial charge is 0.295 e. The minimum Gasteiger partial charge on any atom is -0.295 e. The van der Waals surface area contributed by atoms with Crippen LogP contribution in [0, 0.1) is 12.7 Å². The van der Waals surface area contributed by atoms with E-state index in [-0.39, 0.29) is 17.5 Å². The number of fused-ring (bicyclic) bond motifs is 1. The Labute approximate surface area is 130 Å². The van der Waals surface area contributed by atoms with Gasteiger partial charge < -0.3 is 0 Å². The van der Waals surface area contributed by atoms with Gasteiger partial charge in [0.1, 0.15) is 22.2 Å². The van der Waals surface area contributed by atoms with Crippen molar-refractivity contribution in [2.24, 2.45) is 0 Å². The standard InChI is InChI=1S/C14H14FN5OS/c1-7(2)13-18-19-14(22-13)17-12(21)11-8(3)16-10-5-4-9(15)6-20(10)11/h4-7H,1-3H3,(H,17,19,21). The zero-order valence-corrected chi connectivity index (χ0v) is 13.1. The summed E-state index contributed by atoms with van der Waals surface area (Å²) < 4.78 is 14.8. The van der Waals surface area contributed by atoms with Crippen LogP contribution in [0.5, 0.6) is 0 Å². The Morgan fingerprint density at radius 3 is 2.82 bits per heavy atom. The number of amides is 1. The van der Waals surface area contributed by atoms with E-state index in [1.54, 1.807) is 6.92 Å². The van der Waals surface area contributed by atoms with Crippen LogP contribution in [0.15, 0.2) is 18.3 Å². The van der Waals surface area contributed by atoms with E-state index in [1.165, 1.54) is 34.1 Å². The van der Waals surface area contributed by atoms with E-state index < -0.39 is 5.82 Å². The van der Waals surface area contributed by atoms with Crippen LogP contribution in [0.3, 0.4) is 0 Å². The van der Waals surface area contributed by atoms with E-state index in [4.69, 9.17) is 0 Å². The number of carbonyl (C=O) groups excluding carboxylic acids is 1. The number of carbonyl (C=O) groups is 1. The zero-order valence-electron chi connectivity index (χ0n) is 12.3. The highest BCUT2D eigenvalue weighted by Crippen LogP contribution is 2.23. The third kappa shape index (κ3) is 2.57. The summed E-state index contributed by atoms with van der Waals surface area (Å²) in [5, 5.41) is 11.9. The summed E-state index contributed by atoms with van der Waals surface area (Å²) in [4.78, 5) is 16.7. The molecule has 0 fully saturated rings. The molecular weight excluding hydrogens is 305 g/mol. The Bertz CT molecular complexity index is 854. The Morgan fingerprint density at radius 1 is 1.36 bits per heavy atom. The van der Waals surface area contributed by atoms with Crippen LogP contribution < -0.4 is 5.32 Å². The van der Waals surface area contributed by atoms with Crippen molar-refractivity contribution in [3.63, 3.8) is 0 Å². The van der Waals surface area contributed by atoms with Gasteiger partial charge in [0.15, 0.2) is 0 Å². The summed E-state index contributed by atoms with van der Waals surface area (Å²) >= 11 is 1.32. The summed E-state index contributed by atoms with van der Waals surface area (Å²) in [5.41, 5.74) is 1.33. The first-order valence-corrected chi connectivity index (χ1v) is 7.56. The maximum atomic E-state index is 13.4. The molecule has 0 aliphatic rings. The van der Waals surface area contributed by atoms with Crippen molar-refractivity contribution in [2.75, 3.05) is 5.32 Å². The molecule has 22 heavy (non-hydrogen) atoms. The quantitative estimate of drug-likeness (QED) is 0.805. The van der Waals surface area contributed by atoms with Gasteiger partial charge in [0.05, 0.1) is 5.69 Å². The van der Waals surface area contributed by atoms with Gasteiger partial charge in [-0.15, -0.1) is 10.2 Å². The number of rotatable bonds is 3. The second-order valence-electron chi connectivity index (χ2n) is 5.18. The fourth-order valence-corrected chi connectivity index (χ4v) is 2.83. The normalized spacial score (nSPS) is 11.3. The van der Waals surface area contributed by atoms with Crippen molar-refractivity contribution >= 4 is 28.0 Å². The SMILES string of the molecule is Cc1nc2ccc(F)cn2c1C(=O)Nc1nnc(C(C)C)s1. The predicted octanol–water partition coefficient (Wildman–Crippen LogP) is 3.01. The van der Waals surface area contributed by atoms with Crippen molar-refractivity contribution in [3.8, 4) is 0 Å². The Morgan fingerprint density at radius 2 is 2.14 bits per heavy atom. The molecule has 1 amide bonds. The van der Waals surface area contributed by atoms with Crippen LogP contribution in [0.1, 0.15) is 41.0 Å². The van der Waals surface area contributed by atoms with Crippen LogP contribution in [0.4, 0.5) is 9.52 Å². The molecule has 0 aromatic carbocycles. The average molecular weight is 319 g/mol. The molecule has 3 rings (SSSR count). The molecule has 1 N–H and O–H groups in total. The van der Waals surface area contributed by atoms with Crippen molar-refractivity contribution in [2.45, 2.75) is 26.7 Å². The number of nitrogens with zero attached hydrogens (tertiary/aromatic N) is 4. The van der Waals surface area contributed by atoms with Crippen LogP contribution in [0.2, 0.25) is 0 Å². The summed E-state index contributed by atoms with van der Waals surface area (Å²) in [6.45, 7) is 5.71. The number of halogens is 1. The fraction of sp³-hybridized carbons (Fsp3) is 0.286. The second-order valence-corrected chi connectivity index (χ2v) is 6.18. The molecule has 0 aliphatic carbocycles. The molecule has 6 nitrogen and oxygen atoms in total. The highest BCUT2D eigenvalue weighted by atomic mass is 32.1. The van der Waals surface area contributed by atoms with Crippen LogP contribution >= 0.6 is 11.3 Å². The molecule has 114 valence electrons. The van der Waals surface area contributed by atoms with Gasteiger partial charge in [-0.2, -0.15) is 0 Å². The summed E-state index contributed by atoms with van der Waals surface area (Å²) in [7, 11) is 0. The van der Waals surface area contributed by atoms with Gasteiger partial charge in [0.2, 0.25) is 5.13 Å². The molecule has 0 atom stereocenters. The first-order chi connectivity index (χ1) is 10.5. The van der Waals surface area contributed by atoms with E-state index in [1.807, 2.05) is 13.8 Å². The van der Waals surface area contributed by atoms with Crippen LogP contribution in [-0.4, -0.2) is 25.5 Å². The third-order valence-corrected chi connectivity index (χ3v) is 4.27. The first kappa shape index (κ1) is 14.6. The maximum Gasteiger partial charge on any atom is 0.276 e. The number of aromatic nitrogens is 4. The molecule has 0 saturated carbocycles. The number of pyridine rings is 1. The number of aryl methyl sites for hydroxylation is 1. The minimum atomic E-state index is -0.433. The topological polar surface area (TPSA) is 72.2 Å². The Hall–Kier alpha value is -2.35. The van der Waals surface area contributed by atoms with Gasteiger partial charge in [0.25, 0.3) is 5.91 Å². The minimum absolute atomic E-state index is 0.245. The Kier molecular flexibility index (Phi) is 3.61. The zero-order chi connectivity index (χ0) is 15.9. The fourth-order valence-electron chi connectivity index (χ4n) is 2.08. The molecular formula is C14H14FN5OS. The molecule has 8 heteroatoms. The summed E-state index contributed by atoms with van der Waals surface area (Å²) in [6, 6.07) is 2.84. The second kappa shape index (κ2) is 5.45. The first-order valence-electron chi connectivity index (χ1n) is 6.74. The highest BCUT2D eigenvalue weighted by Gasteiger charge is 2.19. The van der Waals surface area contributed by atoms with Crippen molar-refractivity contribution in [1.29, 1.82) is 0 Å². The molecule has 3 aromatic rings. The van der Waals surface area contributed by atoms with E-state index in [9.17, 15) is 9.18 Å². The van der Waals surface area contributed by atoms with Gasteiger partial charge >= 0.3 is 0 Å². The van der Waals surface area contributed by atoms with Gasteiger partial charge in [-0.05, 0) is 19.1 Å².